The van der Waals surface area contributed by atoms with Crippen molar-refractivity contribution in [2.24, 2.45) is 5.41 Å². The maximum atomic E-state index is 5.13. The lowest BCUT2D eigenvalue weighted by atomic mass is 9.80. The summed E-state index contributed by atoms with van der Waals surface area (Å²) in [6.45, 7) is 6.68. The highest BCUT2D eigenvalue weighted by molar-refractivity contribution is 9.09. The third kappa shape index (κ3) is 4.77. The average Bonchev–Trinajstić information content (AvgIpc) is 2.82. The van der Waals surface area contributed by atoms with Gasteiger partial charge in [-0.25, -0.2) is 0 Å². The van der Waals surface area contributed by atoms with Gasteiger partial charge in [0.05, 0.1) is 12.5 Å². The van der Waals surface area contributed by atoms with Crippen LogP contribution in [0, 0.1) is 5.41 Å². The first-order valence-electron chi connectivity index (χ1n) is 6.91. The van der Waals surface area contributed by atoms with Gasteiger partial charge in [-0.05, 0) is 31.4 Å². The van der Waals surface area contributed by atoms with Gasteiger partial charge in [-0.15, -0.1) is 0 Å². The predicted molar refractivity (Wildman–Crippen MR) is 81.1 cm³/mol. The van der Waals surface area contributed by atoms with Crippen molar-refractivity contribution in [3.05, 3.63) is 24.2 Å². The molecule has 1 aromatic heterocycles. The SMILES string of the molecule is CCCC(CBr)(CCC)CN(C)Cc1ccoc1. The van der Waals surface area contributed by atoms with Crippen LogP contribution in [0.4, 0.5) is 0 Å². The van der Waals surface area contributed by atoms with Gasteiger partial charge in [-0.2, -0.15) is 0 Å². The molecule has 0 fully saturated rings. The van der Waals surface area contributed by atoms with Gasteiger partial charge in [0.25, 0.3) is 0 Å². The van der Waals surface area contributed by atoms with Crippen molar-refractivity contribution in [3.63, 3.8) is 0 Å². The highest BCUT2D eigenvalue weighted by Gasteiger charge is 2.28. The molecule has 0 amide bonds. The molecule has 0 aliphatic carbocycles. The summed E-state index contributed by atoms with van der Waals surface area (Å²) in [5, 5.41) is 1.09. The van der Waals surface area contributed by atoms with Crippen molar-refractivity contribution in [3.8, 4) is 0 Å². The molecule has 0 spiro atoms. The maximum absolute atomic E-state index is 5.13. The fourth-order valence-electron chi connectivity index (χ4n) is 2.84. The van der Waals surface area contributed by atoms with Crippen LogP contribution < -0.4 is 0 Å². The van der Waals surface area contributed by atoms with Gasteiger partial charge in [0, 0.05) is 24.0 Å². The van der Waals surface area contributed by atoms with E-state index in [0.29, 0.717) is 5.41 Å². The Kier molecular flexibility index (Phi) is 7.02. The molecule has 104 valence electrons. The van der Waals surface area contributed by atoms with E-state index in [1.165, 1.54) is 31.2 Å². The Bertz CT molecular complexity index is 304. The Morgan fingerprint density at radius 1 is 1.28 bits per heavy atom. The minimum atomic E-state index is 0.419. The van der Waals surface area contributed by atoms with Gasteiger partial charge in [-0.1, -0.05) is 42.6 Å². The Morgan fingerprint density at radius 2 is 1.94 bits per heavy atom. The van der Waals surface area contributed by atoms with Crippen LogP contribution >= 0.6 is 15.9 Å². The van der Waals surface area contributed by atoms with Gasteiger partial charge in [0.15, 0.2) is 0 Å². The van der Waals surface area contributed by atoms with Crippen molar-refractivity contribution >= 4 is 15.9 Å². The van der Waals surface area contributed by atoms with Crippen LogP contribution in [0.2, 0.25) is 0 Å². The van der Waals surface area contributed by atoms with Crippen molar-refractivity contribution < 1.29 is 4.42 Å². The lowest BCUT2D eigenvalue weighted by Crippen LogP contribution is -2.36. The van der Waals surface area contributed by atoms with Gasteiger partial charge in [0.2, 0.25) is 0 Å². The number of alkyl halides is 1. The molecule has 0 aliphatic heterocycles. The lowest BCUT2D eigenvalue weighted by Gasteiger charge is -2.35. The molecule has 0 aromatic carbocycles. The molecule has 0 aliphatic rings. The molecule has 0 N–H and O–H groups in total. The minimum absolute atomic E-state index is 0.419. The van der Waals surface area contributed by atoms with E-state index < -0.39 is 0 Å². The molecule has 18 heavy (non-hydrogen) atoms. The monoisotopic (exact) mass is 315 g/mol. The van der Waals surface area contributed by atoms with Crippen molar-refractivity contribution in [1.82, 2.24) is 4.90 Å². The summed E-state index contributed by atoms with van der Waals surface area (Å²) in [5.74, 6) is 0. The lowest BCUT2D eigenvalue weighted by molar-refractivity contribution is 0.166. The minimum Gasteiger partial charge on any atom is -0.472 e. The number of hydrogen-bond donors (Lipinski definition) is 0. The quantitative estimate of drug-likeness (QED) is 0.614. The van der Waals surface area contributed by atoms with Crippen LogP contribution in [0.1, 0.15) is 45.1 Å². The van der Waals surface area contributed by atoms with E-state index in [1.807, 2.05) is 12.3 Å². The fourth-order valence-corrected chi connectivity index (χ4v) is 3.58. The van der Waals surface area contributed by atoms with Crippen LogP contribution in [-0.4, -0.2) is 23.8 Å². The Morgan fingerprint density at radius 3 is 2.39 bits per heavy atom. The van der Waals surface area contributed by atoms with Crippen molar-refractivity contribution in [2.45, 2.75) is 46.1 Å². The van der Waals surface area contributed by atoms with Crippen molar-refractivity contribution in [1.29, 1.82) is 0 Å². The largest absolute Gasteiger partial charge is 0.472 e. The number of hydrogen-bond acceptors (Lipinski definition) is 2. The normalized spacial score (nSPS) is 12.3. The summed E-state index contributed by atoms with van der Waals surface area (Å²) in [6.07, 6.45) is 8.69. The third-order valence-corrected chi connectivity index (χ3v) is 4.67. The summed E-state index contributed by atoms with van der Waals surface area (Å²) >= 11 is 3.74. The number of nitrogens with zero attached hydrogens (tertiary/aromatic N) is 1. The molecular formula is C15H26BrNO. The molecule has 0 bridgehead atoms. The summed E-state index contributed by atoms with van der Waals surface area (Å²) in [6, 6.07) is 2.05. The Labute approximate surface area is 120 Å². The van der Waals surface area contributed by atoms with E-state index in [2.05, 4.69) is 41.7 Å². The molecule has 2 nitrogen and oxygen atoms in total. The molecule has 0 saturated carbocycles. The van der Waals surface area contributed by atoms with E-state index in [0.717, 1.165) is 18.4 Å². The Hall–Kier alpha value is -0.280. The molecule has 0 radical (unpaired) electrons. The smallest absolute Gasteiger partial charge is 0.0947 e. The molecule has 0 saturated heterocycles. The van der Waals surface area contributed by atoms with Crippen LogP contribution in [0.25, 0.3) is 0 Å². The topological polar surface area (TPSA) is 16.4 Å². The van der Waals surface area contributed by atoms with Gasteiger partial charge >= 0.3 is 0 Å². The summed E-state index contributed by atoms with van der Waals surface area (Å²) in [4.78, 5) is 2.41. The standard InChI is InChI=1S/C15H26BrNO/c1-4-7-15(12-16,8-5-2)13-17(3)10-14-6-9-18-11-14/h6,9,11H,4-5,7-8,10,12-13H2,1-3H3. The van der Waals surface area contributed by atoms with Gasteiger partial charge < -0.3 is 9.32 Å². The highest BCUT2D eigenvalue weighted by Crippen LogP contribution is 2.33. The van der Waals surface area contributed by atoms with Gasteiger partial charge in [0.1, 0.15) is 0 Å². The Balaban J connectivity index is 2.58. The van der Waals surface area contributed by atoms with Crippen LogP contribution in [0.5, 0.6) is 0 Å². The van der Waals surface area contributed by atoms with Crippen LogP contribution in [0.3, 0.4) is 0 Å². The van der Waals surface area contributed by atoms with E-state index in [1.54, 1.807) is 6.26 Å². The van der Waals surface area contributed by atoms with E-state index in [4.69, 9.17) is 4.42 Å². The average molecular weight is 316 g/mol. The first kappa shape index (κ1) is 15.8. The zero-order valence-electron chi connectivity index (χ0n) is 11.9. The van der Waals surface area contributed by atoms with E-state index >= 15 is 0 Å². The van der Waals surface area contributed by atoms with Crippen LogP contribution in [0.15, 0.2) is 23.0 Å². The second-order valence-corrected chi connectivity index (χ2v) is 6.00. The molecule has 3 heteroatoms. The number of rotatable bonds is 9. The highest BCUT2D eigenvalue weighted by atomic mass is 79.9. The second kappa shape index (κ2) is 8.00. The summed E-state index contributed by atoms with van der Waals surface area (Å²) < 4.78 is 5.13. The first-order valence-corrected chi connectivity index (χ1v) is 8.03. The predicted octanol–water partition coefficient (Wildman–Crippen LogP) is 4.69. The van der Waals surface area contributed by atoms with Gasteiger partial charge in [-0.3, -0.25) is 0 Å². The second-order valence-electron chi connectivity index (χ2n) is 5.44. The summed E-state index contributed by atoms with van der Waals surface area (Å²) in [7, 11) is 2.20. The molecule has 1 heterocycles. The number of halogens is 1. The maximum Gasteiger partial charge on any atom is 0.0947 e. The first-order chi connectivity index (χ1) is 8.65. The van der Waals surface area contributed by atoms with E-state index in [9.17, 15) is 0 Å². The van der Waals surface area contributed by atoms with Crippen LogP contribution in [-0.2, 0) is 6.54 Å². The third-order valence-electron chi connectivity index (χ3n) is 3.48. The van der Waals surface area contributed by atoms with E-state index in [-0.39, 0.29) is 0 Å². The molecular weight excluding hydrogens is 290 g/mol. The summed E-state index contributed by atoms with van der Waals surface area (Å²) in [5.41, 5.74) is 1.68. The molecule has 0 unspecified atom stereocenters. The molecule has 1 rings (SSSR count). The zero-order chi connectivity index (χ0) is 13.4. The van der Waals surface area contributed by atoms with Crippen molar-refractivity contribution in [2.75, 3.05) is 18.9 Å². The molecule has 0 atom stereocenters. The molecule has 1 aromatic rings. The zero-order valence-corrected chi connectivity index (χ0v) is 13.5. The fraction of sp³-hybridized carbons (Fsp3) is 0.733. The number of furan rings is 1.